The molecule has 1 aromatic rings. The lowest BCUT2D eigenvalue weighted by Gasteiger charge is -2.04. The van der Waals surface area contributed by atoms with Gasteiger partial charge in [0, 0.05) is 11.9 Å². The minimum atomic E-state index is -0.816. The van der Waals surface area contributed by atoms with Crippen molar-refractivity contribution >= 4 is 5.97 Å². The summed E-state index contributed by atoms with van der Waals surface area (Å²) in [6.45, 7) is 1.83. The van der Waals surface area contributed by atoms with E-state index >= 15 is 0 Å². The number of methoxy groups -OCH3 is 1. The molecule has 0 aliphatic heterocycles. The number of nitrogens with two attached hydrogens (primary N) is 1. The number of ether oxygens (including phenoxy) is 1. The van der Waals surface area contributed by atoms with Gasteiger partial charge in [0.2, 0.25) is 0 Å². The number of H-pyrrole nitrogens is 1. The van der Waals surface area contributed by atoms with E-state index in [0.717, 1.165) is 5.69 Å². The van der Waals surface area contributed by atoms with E-state index in [0.29, 0.717) is 5.82 Å². The molecule has 1 atom stereocenters. The summed E-state index contributed by atoms with van der Waals surface area (Å²) >= 11 is 0. The first-order valence-electron chi connectivity index (χ1n) is 3.50. The molecule has 5 nitrogen and oxygen atoms in total. The Labute approximate surface area is 69.9 Å². The molecule has 0 amide bonds. The van der Waals surface area contributed by atoms with Crippen LogP contribution in [0.3, 0.4) is 0 Å². The number of hydrogen-bond donors (Lipinski definition) is 2. The van der Waals surface area contributed by atoms with Crippen LogP contribution in [0, 0.1) is 6.92 Å². The summed E-state index contributed by atoms with van der Waals surface area (Å²) in [5.74, 6) is -0.0660. The second-order valence-electron chi connectivity index (χ2n) is 2.45. The Morgan fingerprint density at radius 3 is 2.92 bits per heavy atom. The quantitative estimate of drug-likeness (QED) is 0.605. The van der Waals surface area contributed by atoms with Gasteiger partial charge in [-0.1, -0.05) is 0 Å². The van der Waals surface area contributed by atoms with Gasteiger partial charge < -0.3 is 15.5 Å². The third-order valence-electron chi connectivity index (χ3n) is 1.47. The summed E-state index contributed by atoms with van der Waals surface area (Å²) in [5.41, 5.74) is 6.36. The van der Waals surface area contributed by atoms with E-state index in [4.69, 9.17) is 5.73 Å². The Balaban J connectivity index is 2.77. The number of imidazole rings is 1. The summed E-state index contributed by atoms with van der Waals surface area (Å²) < 4.78 is 4.45. The van der Waals surface area contributed by atoms with Crippen LogP contribution in [0.5, 0.6) is 0 Å². The van der Waals surface area contributed by atoms with Gasteiger partial charge in [-0.25, -0.2) is 9.78 Å². The number of carbonyl (C=O) groups is 1. The number of esters is 1. The predicted octanol–water partition coefficient (Wildman–Crippen LogP) is -0.109. The molecule has 0 radical (unpaired) electrons. The highest BCUT2D eigenvalue weighted by molar-refractivity contribution is 5.76. The van der Waals surface area contributed by atoms with Gasteiger partial charge in [-0.05, 0) is 6.92 Å². The third kappa shape index (κ3) is 1.62. The molecular weight excluding hydrogens is 158 g/mol. The smallest absolute Gasteiger partial charge is 0.330 e. The summed E-state index contributed by atoms with van der Waals surface area (Å²) in [4.78, 5) is 17.7. The minimum absolute atomic E-state index is 0.430. The fourth-order valence-corrected chi connectivity index (χ4v) is 0.830. The molecule has 0 fully saturated rings. The molecule has 1 rings (SSSR count). The number of rotatable bonds is 2. The zero-order valence-corrected chi connectivity index (χ0v) is 7.00. The van der Waals surface area contributed by atoms with E-state index in [1.54, 1.807) is 6.20 Å². The Morgan fingerprint density at radius 2 is 2.50 bits per heavy atom. The molecule has 3 N–H and O–H groups in total. The number of aromatic nitrogens is 2. The zero-order valence-electron chi connectivity index (χ0n) is 7.00. The van der Waals surface area contributed by atoms with Crippen LogP contribution in [0.25, 0.3) is 0 Å². The molecule has 0 aliphatic carbocycles. The normalized spacial score (nSPS) is 12.6. The highest BCUT2D eigenvalue weighted by atomic mass is 16.5. The van der Waals surface area contributed by atoms with Gasteiger partial charge in [-0.3, -0.25) is 0 Å². The lowest BCUT2D eigenvalue weighted by Crippen LogP contribution is -2.23. The Kier molecular flexibility index (Phi) is 2.44. The first kappa shape index (κ1) is 8.73. The second kappa shape index (κ2) is 3.36. The largest absolute Gasteiger partial charge is 0.468 e. The predicted molar refractivity (Wildman–Crippen MR) is 42.3 cm³/mol. The molecule has 0 unspecified atom stereocenters. The molecule has 0 saturated carbocycles. The summed E-state index contributed by atoms with van der Waals surface area (Å²) in [6, 6.07) is -0.816. The van der Waals surface area contributed by atoms with Crippen molar-refractivity contribution in [2.75, 3.05) is 7.11 Å². The van der Waals surface area contributed by atoms with Crippen LogP contribution in [-0.4, -0.2) is 23.0 Å². The number of carbonyl (C=O) groups excluding carboxylic acids is 1. The first-order chi connectivity index (χ1) is 5.65. The van der Waals surface area contributed by atoms with Gasteiger partial charge in [0.05, 0.1) is 7.11 Å². The maximum atomic E-state index is 10.9. The maximum Gasteiger partial charge on any atom is 0.330 e. The standard InChI is InChI=1S/C7H11N3O2/c1-4-3-9-6(10-4)5(8)7(11)12-2/h3,5H,8H2,1-2H3,(H,9,10)/t5-/m0/s1. The van der Waals surface area contributed by atoms with E-state index in [-0.39, 0.29) is 0 Å². The van der Waals surface area contributed by atoms with Crippen molar-refractivity contribution in [3.63, 3.8) is 0 Å². The Hall–Kier alpha value is -1.36. The van der Waals surface area contributed by atoms with Gasteiger partial charge >= 0.3 is 5.97 Å². The first-order valence-corrected chi connectivity index (χ1v) is 3.50. The molecule has 0 saturated heterocycles. The number of nitrogens with one attached hydrogen (secondary N) is 1. The van der Waals surface area contributed by atoms with Gasteiger partial charge in [0.1, 0.15) is 5.82 Å². The molecule has 5 heteroatoms. The molecule has 0 bridgehead atoms. The van der Waals surface area contributed by atoms with Crippen LogP contribution in [-0.2, 0) is 9.53 Å². The lowest BCUT2D eigenvalue weighted by molar-refractivity contribution is -0.142. The van der Waals surface area contributed by atoms with Gasteiger partial charge in [-0.2, -0.15) is 0 Å². The minimum Gasteiger partial charge on any atom is -0.468 e. The van der Waals surface area contributed by atoms with Crippen molar-refractivity contribution < 1.29 is 9.53 Å². The molecule has 1 aromatic heterocycles. The number of aromatic amines is 1. The van der Waals surface area contributed by atoms with E-state index in [1.165, 1.54) is 7.11 Å². The number of hydrogen-bond acceptors (Lipinski definition) is 4. The van der Waals surface area contributed by atoms with E-state index < -0.39 is 12.0 Å². The summed E-state index contributed by atoms with van der Waals surface area (Å²) in [5, 5.41) is 0. The average Bonchev–Trinajstić information content (AvgIpc) is 2.49. The number of nitrogens with zero attached hydrogens (tertiary/aromatic N) is 1. The highest BCUT2D eigenvalue weighted by Crippen LogP contribution is 2.06. The fourth-order valence-electron chi connectivity index (χ4n) is 0.830. The van der Waals surface area contributed by atoms with Crippen molar-refractivity contribution in [2.24, 2.45) is 5.73 Å². The van der Waals surface area contributed by atoms with E-state index in [1.807, 2.05) is 6.92 Å². The van der Waals surface area contributed by atoms with Crippen molar-refractivity contribution in [2.45, 2.75) is 13.0 Å². The molecule has 0 spiro atoms. The van der Waals surface area contributed by atoms with E-state index in [9.17, 15) is 4.79 Å². The highest BCUT2D eigenvalue weighted by Gasteiger charge is 2.18. The van der Waals surface area contributed by atoms with Crippen molar-refractivity contribution in [3.05, 3.63) is 17.7 Å². The van der Waals surface area contributed by atoms with Crippen LogP contribution in [0.15, 0.2) is 6.20 Å². The Morgan fingerprint density at radius 1 is 1.83 bits per heavy atom. The van der Waals surface area contributed by atoms with Gasteiger partial charge in [-0.15, -0.1) is 0 Å². The van der Waals surface area contributed by atoms with Crippen LogP contribution in [0.1, 0.15) is 17.6 Å². The Bertz CT molecular complexity index is 282. The van der Waals surface area contributed by atoms with Gasteiger partial charge in [0.15, 0.2) is 6.04 Å². The lowest BCUT2D eigenvalue weighted by atomic mass is 10.3. The molecule has 12 heavy (non-hydrogen) atoms. The SMILES string of the molecule is COC(=O)[C@@H](N)c1ncc(C)[nH]1. The van der Waals surface area contributed by atoms with E-state index in [2.05, 4.69) is 14.7 Å². The zero-order chi connectivity index (χ0) is 9.14. The van der Waals surface area contributed by atoms with Crippen molar-refractivity contribution in [1.29, 1.82) is 0 Å². The molecule has 0 aromatic carbocycles. The number of aryl methyl sites for hydroxylation is 1. The monoisotopic (exact) mass is 169 g/mol. The van der Waals surface area contributed by atoms with Crippen LogP contribution < -0.4 is 5.73 Å². The second-order valence-corrected chi connectivity index (χ2v) is 2.45. The van der Waals surface area contributed by atoms with Crippen molar-refractivity contribution in [1.82, 2.24) is 9.97 Å². The average molecular weight is 169 g/mol. The molecular formula is C7H11N3O2. The summed E-state index contributed by atoms with van der Waals surface area (Å²) in [7, 11) is 1.29. The molecule has 0 aliphatic rings. The van der Waals surface area contributed by atoms with Gasteiger partial charge in [0.25, 0.3) is 0 Å². The van der Waals surface area contributed by atoms with Crippen LogP contribution >= 0.6 is 0 Å². The molecule has 1 heterocycles. The fraction of sp³-hybridized carbons (Fsp3) is 0.429. The summed E-state index contributed by atoms with van der Waals surface area (Å²) in [6.07, 6.45) is 1.61. The topological polar surface area (TPSA) is 81.0 Å². The van der Waals surface area contributed by atoms with Crippen molar-refractivity contribution in [3.8, 4) is 0 Å². The molecule has 66 valence electrons. The maximum absolute atomic E-state index is 10.9. The third-order valence-corrected chi connectivity index (χ3v) is 1.47. The van der Waals surface area contributed by atoms with Crippen LogP contribution in [0.2, 0.25) is 0 Å². The van der Waals surface area contributed by atoms with Crippen LogP contribution in [0.4, 0.5) is 0 Å².